The monoisotopic (exact) mass is 244 g/mol. The van der Waals surface area contributed by atoms with E-state index in [1.807, 2.05) is 48.7 Å². The van der Waals surface area contributed by atoms with E-state index in [1.54, 1.807) is 0 Å². The van der Waals surface area contributed by atoms with Crippen molar-refractivity contribution in [3.05, 3.63) is 70.0 Å². The lowest BCUT2D eigenvalue weighted by atomic mass is 9.93. The Balaban J connectivity index is 2.03. The Labute approximate surface area is 106 Å². The van der Waals surface area contributed by atoms with Gasteiger partial charge in [0, 0.05) is 22.7 Å². The van der Waals surface area contributed by atoms with Gasteiger partial charge in [0.15, 0.2) is 0 Å². The van der Waals surface area contributed by atoms with E-state index < -0.39 is 0 Å². The van der Waals surface area contributed by atoms with E-state index in [0.717, 1.165) is 24.1 Å². The molecule has 4 nitrogen and oxygen atoms in total. The summed E-state index contributed by atoms with van der Waals surface area (Å²) in [6.45, 7) is -0.00920. The van der Waals surface area contributed by atoms with Gasteiger partial charge in [0.1, 0.15) is 0 Å². The number of nitro groups is 1. The zero-order valence-corrected chi connectivity index (χ0v) is 10.1. The van der Waals surface area contributed by atoms with Crippen molar-refractivity contribution in [1.29, 1.82) is 0 Å². The lowest BCUT2D eigenvalue weighted by molar-refractivity contribution is -0.483. The third-order valence-electron chi connectivity index (χ3n) is 3.06. The predicted octanol–water partition coefficient (Wildman–Crippen LogP) is 3.01. The van der Waals surface area contributed by atoms with Crippen molar-refractivity contribution in [3.63, 3.8) is 0 Å². The molecule has 0 fully saturated rings. The van der Waals surface area contributed by atoms with Gasteiger partial charge in [-0.25, -0.2) is 0 Å². The van der Waals surface area contributed by atoms with Gasteiger partial charge in [-0.15, -0.1) is 0 Å². The first-order valence-electron chi connectivity index (χ1n) is 6.04. The topological polar surface area (TPSA) is 58.9 Å². The minimum Gasteiger partial charge on any atom is -0.365 e. The van der Waals surface area contributed by atoms with E-state index in [-0.39, 0.29) is 17.4 Å². The molecule has 0 aliphatic heterocycles. The van der Waals surface area contributed by atoms with Gasteiger partial charge in [0.2, 0.25) is 6.54 Å². The molecule has 0 spiro atoms. The molecular formula is C14H16N2O2. The van der Waals surface area contributed by atoms with Crippen molar-refractivity contribution in [2.75, 3.05) is 6.54 Å². The van der Waals surface area contributed by atoms with Crippen LogP contribution >= 0.6 is 0 Å². The van der Waals surface area contributed by atoms with Crippen LogP contribution in [-0.4, -0.2) is 16.5 Å². The van der Waals surface area contributed by atoms with Crippen LogP contribution in [0.2, 0.25) is 0 Å². The van der Waals surface area contributed by atoms with Crippen molar-refractivity contribution in [3.8, 4) is 0 Å². The third kappa shape index (κ3) is 3.45. The first kappa shape index (κ1) is 12.4. The molecule has 4 heteroatoms. The van der Waals surface area contributed by atoms with Gasteiger partial charge in [-0.05, 0) is 30.5 Å². The van der Waals surface area contributed by atoms with Crippen molar-refractivity contribution >= 4 is 0 Å². The molecule has 0 bridgehead atoms. The second-order valence-corrected chi connectivity index (χ2v) is 4.36. The largest absolute Gasteiger partial charge is 0.365 e. The van der Waals surface area contributed by atoms with Crippen LogP contribution in [0, 0.1) is 10.1 Å². The molecule has 2 rings (SSSR count). The summed E-state index contributed by atoms with van der Waals surface area (Å²) in [5, 5.41) is 10.7. The van der Waals surface area contributed by atoms with Crippen molar-refractivity contribution in [1.82, 2.24) is 4.98 Å². The lowest BCUT2D eigenvalue weighted by Gasteiger charge is -2.12. The Morgan fingerprint density at radius 2 is 1.94 bits per heavy atom. The highest BCUT2D eigenvalue weighted by Gasteiger charge is 2.17. The average molecular weight is 244 g/mol. The van der Waals surface area contributed by atoms with Gasteiger partial charge in [0.25, 0.3) is 0 Å². The van der Waals surface area contributed by atoms with E-state index in [0.29, 0.717) is 0 Å². The van der Waals surface area contributed by atoms with Gasteiger partial charge in [-0.2, -0.15) is 0 Å². The molecular weight excluding hydrogens is 228 g/mol. The number of aromatic amines is 1. The fraction of sp³-hybridized carbons (Fsp3) is 0.286. The highest BCUT2D eigenvalue weighted by atomic mass is 16.6. The average Bonchev–Trinajstić information content (AvgIpc) is 2.88. The summed E-state index contributed by atoms with van der Waals surface area (Å²) in [5.74, 6) is -0.0236. The Morgan fingerprint density at radius 3 is 2.56 bits per heavy atom. The van der Waals surface area contributed by atoms with Gasteiger partial charge in [0.05, 0.1) is 0 Å². The highest BCUT2D eigenvalue weighted by molar-refractivity contribution is 5.20. The Kier molecular flexibility index (Phi) is 4.12. The van der Waals surface area contributed by atoms with Crippen LogP contribution < -0.4 is 0 Å². The van der Waals surface area contributed by atoms with Gasteiger partial charge in [-0.1, -0.05) is 30.3 Å². The van der Waals surface area contributed by atoms with Gasteiger partial charge < -0.3 is 4.98 Å². The molecule has 94 valence electrons. The molecule has 1 heterocycles. The maximum Gasteiger partial charge on any atom is 0.210 e. The Bertz CT molecular complexity index is 480. The summed E-state index contributed by atoms with van der Waals surface area (Å²) >= 11 is 0. The van der Waals surface area contributed by atoms with Crippen LogP contribution in [0.15, 0.2) is 48.7 Å². The zero-order valence-electron chi connectivity index (χ0n) is 10.1. The van der Waals surface area contributed by atoms with Crippen LogP contribution in [0.25, 0.3) is 0 Å². The molecule has 1 aromatic carbocycles. The van der Waals surface area contributed by atoms with E-state index in [4.69, 9.17) is 0 Å². The molecule has 0 radical (unpaired) electrons. The zero-order chi connectivity index (χ0) is 12.8. The first-order valence-corrected chi connectivity index (χ1v) is 6.04. The number of aromatic nitrogens is 1. The first-order chi connectivity index (χ1) is 8.75. The predicted molar refractivity (Wildman–Crippen MR) is 70.2 cm³/mol. The van der Waals surface area contributed by atoms with E-state index >= 15 is 0 Å². The summed E-state index contributed by atoms with van der Waals surface area (Å²) in [5.41, 5.74) is 2.17. The molecule has 0 saturated heterocycles. The van der Waals surface area contributed by atoms with E-state index in [2.05, 4.69) is 4.98 Å². The summed E-state index contributed by atoms with van der Waals surface area (Å²) in [6, 6.07) is 13.7. The van der Waals surface area contributed by atoms with E-state index in [9.17, 15) is 10.1 Å². The second-order valence-electron chi connectivity index (χ2n) is 4.36. The molecule has 1 atom stereocenters. The van der Waals surface area contributed by atoms with Crippen LogP contribution in [0.5, 0.6) is 0 Å². The molecule has 0 aliphatic rings. The normalized spacial score (nSPS) is 12.2. The lowest BCUT2D eigenvalue weighted by Crippen LogP contribution is -2.13. The maximum atomic E-state index is 10.7. The number of H-pyrrole nitrogens is 1. The summed E-state index contributed by atoms with van der Waals surface area (Å²) in [6.07, 6.45) is 3.49. The number of hydrogen-bond donors (Lipinski definition) is 1. The highest BCUT2D eigenvalue weighted by Crippen LogP contribution is 2.21. The number of hydrogen-bond acceptors (Lipinski definition) is 2. The van der Waals surface area contributed by atoms with Crippen molar-refractivity contribution < 1.29 is 4.92 Å². The fourth-order valence-electron chi connectivity index (χ4n) is 2.12. The van der Waals surface area contributed by atoms with Crippen molar-refractivity contribution in [2.24, 2.45) is 0 Å². The number of benzene rings is 1. The fourth-order valence-corrected chi connectivity index (χ4v) is 2.12. The minimum atomic E-state index is -0.230. The van der Waals surface area contributed by atoms with Crippen LogP contribution in [0.1, 0.15) is 23.6 Å². The van der Waals surface area contributed by atoms with E-state index in [1.165, 1.54) is 0 Å². The molecule has 0 amide bonds. The van der Waals surface area contributed by atoms with Crippen LogP contribution in [0.3, 0.4) is 0 Å². The second kappa shape index (κ2) is 6.00. The van der Waals surface area contributed by atoms with Gasteiger partial charge >= 0.3 is 0 Å². The number of rotatable bonds is 6. The number of aryl methyl sites for hydroxylation is 1. The summed E-state index contributed by atoms with van der Waals surface area (Å²) < 4.78 is 0. The SMILES string of the molecule is O=[N+]([O-])C[C@@H](CCc1ccc[nH]1)c1ccccc1. The maximum absolute atomic E-state index is 10.7. The molecule has 1 aromatic heterocycles. The third-order valence-corrected chi connectivity index (χ3v) is 3.06. The molecule has 0 saturated carbocycles. The van der Waals surface area contributed by atoms with Crippen LogP contribution in [0.4, 0.5) is 0 Å². The summed E-state index contributed by atoms with van der Waals surface area (Å²) in [4.78, 5) is 13.6. The van der Waals surface area contributed by atoms with Crippen molar-refractivity contribution in [2.45, 2.75) is 18.8 Å². The molecule has 0 aliphatic carbocycles. The Morgan fingerprint density at radius 1 is 1.17 bits per heavy atom. The molecule has 18 heavy (non-hydrogen) atoms. The molecule has 0 unspecified atom stereocenters. The quantitative estimate of drug-likeness (QED) is 0.627. The van der Waals surface area contributed by atoms with Gasteiger partial charge in [-0.3, -0.25) is 10.1 Å². The number of nitrogens with zero attached hydrogens (tertiary/aromatic N) is 1. The number of nitrogens with one attached hydrogen (secondary N) is 1. The summed E-state index contributed by atoms with van der Waals surface area (Å²) in [7, 11) is 0. The molecule has 1 N–H and O–H groups in total. The Hall–Kier alpha value is -2.10. The smallest absolute Gasteiger partial charge is 0.210 e. The minimum absolute atomic E-state index is 0.00920. The standard InChI is InChI=1S/C14H16N2O2/c17-16(18)11-13(12-5-2-1-3-6-12)8-9-14-7-4-10-15-14/h1-7,10,13,15H,8-9,11H2/t13-/m1/s1. The van der Waals surface area contributed by atoms with Crippen LogP contribution in [-0.2, 0) is 6.42 Å². The molecule has 2 aromatic rings.